The predicted molar refractivity (Wildman–Crippen MR) is 95.9 cm³/mol. The topological polar surface area (TPSA) is 33.1 Å². The molecule has 0 radical (unpaired) electrons. The van der Waals surface area contributed by atoms with Crippen LogP contribution in [0.3, 0.4) is 0 Å². The van der Waals surface area contributed by atoms with Gasteiger partial charge >= 0.3 is 0 Å². The van der Waals surface area contributed by atoms with Crippen molar-refractivity contribution in [2.24, 2.45) is 0 Å². The van der Waals surface area contributed by atoms with Crippen LogP contribution in [0.2, 0.25) is 0 Å². The molecule has 0 bridgehead atoms. The Bertz CT molecular complexity index is 465. The highest BCUT2D eigenvalue weighted by atomic mass is 15.3. The minimum Gasteiger partial charge on any atom is -0.314 e. The van der Waals surface area contributed by atoms with Crippen molar-refractivity contribution in [1.29, 1.82) is 0 Å². The van der Waals surface area contributed by atoms with Crippen LogP contribution >= 0.6 is 0 Å². The van der Waals surface area contributed by atoms with Crippen LogP contribution in [-0.4, -0.2) is 46.4 Å². The fourth-order valence-corrected chi connectivity index (χ4v) is 4.30. The van der Waals surface area contributed by atoms with Gasteiger partial charge in [0.25, 0.3) is 0 Å². The molecule has 0 amide bonds. The molecule has 0 aromatic carbocycles. The first-order chi connectivity index (χ1) is 11.2. The summed E-state index contributed by atoms with van der Waals surface area (Å²) < 4.78 is 2.23. The summed E-state index contributed by atoms with van der Waals surface area (Å²) in [6.07, 6.45) is 12.3. The molecule has 2 aliphatic rings. The smallest absolute Gasteiger partial charge is 0.0543 e. The van der Waals surface area contributed by atoms with E-state index < -0.39 is 0 Å². The zero-order valence-corrected chi connectivity index (χ0v) is 15.2. The van der Waals surface area contributed by atoms with Crippen LogP contribution in [0.15, 0.2) is 12.4 Å². The number of likely N-dealkylation sites (tertiary alicyclic amines) is 1. The Balaban J connectivity index is 1.47. The van der Waals surface area contributed by atoms with Gasteiger partial charge in [0.05, 0.1) is 12.2 Å². The molecule has 1 aliphatic heterocycles. The maximum Gasteiger partial charge on any atom is 0.0543 e. The Hall–Kier alpha value is -0.870. The lowest BCUT2D eigenvalue weighted by Gasteiger charge is -2.41. The van der Waals surface area contributed by atoms with E-state index in [4.69, 9.17) is 0 Å². The van der Waals surface area contributed by atoms with E-state index in [0.717, 1.165) is 18.6 Å². The van der Waals surface area contributed by atoms with Crippen molar-refractivity contribution >= 4 is 0 Å². The fourth-order valence-electron chi connectivity index (χ4n) is 4.30. The average Bonchev–Trinajstić information content (AvgIpc) is 3.06. The standard InChI is InChI=1S/C19H34N4/c1-4-20-17-5-7-18(8-6-17)22-11-9-19(10-12-22)23-14-16(13-21-23)15(2)3/h13-15,17-20H,4-12H2,1-3H3. The zero-order chi connectivity index (χ0) is 16.2. The van der Waals surface area contributed by atoms with E-state index in [1.54, 1.807) is 0 Å². The first-order valence-corrected chi connectivity index (χ1v) is 9.68. The molecule has 4 heteroatoms. The SMILES string of the molecule is CCNC1CCC(N2CCC(n3cc(C(C)C)cn3)CC2)CC1. The molecule has 0 spiro atoms. The first-order valence-electron chi connectivity index (χ1n) is 9.68. The third-order valence-electron chi connectivity index (χ3n) is 5.87. The van der Waals surface area contributed by atoms with Crippen LogP contribution in [0.4, 0.5) is 0 Å². The molecule has 2 fully saturated rings. The lowest BCUT2D eigenvalue weighted by molar-refractivity contribution is 0.0988. The van der Waals surface area contributed by atoms with Gasteiger partial charge in [-0.25, -0.2) is 0 Å². The van der Waals surface area contributed by atoms with Crippen molar-refractivity contribution < 1.29 is 0 Å². The summed E-state index contributed by atoms with van der Waals surface area (Å²) in [5, 5.41) is 8.24. The number of nitrogens with zero attached hydrogens (tertiary/aromatic N) is 3. The quantitative estimate of drug-likeness (QED) is 0.901. The minimum absolute atomic E-state index is 0.579. The van der Waals surface area contributed by atoms with Gasteiger partial charge in [0.1, 0.15) is 0 Å². The average molecular weight is 319 g/mol. The Kier molecular flexibility index (Phi) is 5.76. The lowest BCUT2D eigenvalue weighted by atomic mass is 9.88. The van der Waals surface area contributed by atoms with Crippen LogP contribution in [0, 0.1) is 0 Å². The third-order valence-corrected chi connectivity index (χ3v) is 5.87. The number of hydrogen-bond donors (Lipinski definition) is 1. The summed E-state index contributed by atoms with van der Waals surface area (Å²) >= 11 is 0. The molecule has 2 heterocycles. The van der Waals surface area contributed by atoms with Crippen molar-refractivity contribution in [3.8, 4) is 0 Å². The molecule has 3 rings (SSSR count). The summed E-state index contributed by atoms with van der Waals surface area (Å²) in [5.74, 6) is 0.579. The summed E-state index contributed by atoms with van der Waals surface area (Å²) in [6.45, 7) is 10.3. The van der Waals surface area contributed by atoms with Crippen LogP contribution in [0.5, 0.6) is 0 Å². The van der Waals surface area contributed by atoms with Crippen molar-refractivity contribution in [3.63, 3.8) is 0 Å². The second kappa shape index (κ2) is 7.80. The largest absolute Gasteiger partial charge is 0.314 e. The monoisotopic (exact) mass is 318 g/mol. The maximum atomic E-state index is 4.62. The van der Waals surface area contributed by atoms with Gasteiger partial charge in [0.15, 0.2) is 0 Å². The molecule has 1 aromatic rings. The molecule has 0 atom stereocenters. The van der Waals surface area contributed by atoms with Crippen molar-refractivity contribution in [2.45, 2.75) is 83.3 Å². The molecule has 0 unspecified atom stereocenters. The van der Waals surface area contributed by atoms with E-state index in [9.17, 15) is 0 Å². The van der Waals surface area contributed by atoms with Crippen molar-refractivity contribution in [3.05, 3.63) is 18.0 Å². The van der Waals surface area contributed by atoms with Gasteiger partial charge < -0.3 is 10.2 Å². The summed E-state index contributed by atoms with van der Waals surface area (Å²) in [4.78, 5) is 2.76. The van der Waals surface area contributed by atoms with Gasteiger partial charge in [-0.2, -0.15) is 5.10 Å². The molecule has 23 heavy (non-hydrogen) atoms. The van der Waals surface area contributed by atoms with Gasteiger partial charge in [-0.05, 0) is 56.6 Å². The molecule has 1 aromatic heterocycles. The second-order valence-electron chi connectivity index (χ2n) is 7.74. The Labute approximate surface area is 141 Å². The highest BCUT2D eigenvalue weighted by Gasteiger charge is 2.29. The number of piperidine rings is 1. The Morgan fingerprint density at radius 2 is 1.78 bits per heavy atom. The fraction of sp³-hybridized carbons (Fsp3) is 0.842. The molecule has 1 saturated carbocycles. The molecule has 4 nitrogen and oxygen atoms in total. The van der Waals surface area contributed by atoms with E-state index in [1.165, 1.54) is 57.2 Å². The van der Waals surface area contributed by atoms with Crippen molar-refractivity contribution in [1.82, 2.24) is 20.0 Å². The predicted octanol–water partition coefficient (Wildman–Crippen LogP) is 3.56. The normalized spacial score (nSPS) is 27.7. The van der Waals surface area contributed by atoms with Crippen LogP contribution in [0.25, 0.3) is 0 Å². The summed E-state index contributed by atoms with van der Waals surface area (Å²) in [5.41, 5.74) is 1.37. The number of rotatable bonds is 5. The lowest BCUT2D eigenvalue weighted by Crippen LogP contribution is -2.45. The van der Waals surface area contributed by atoms with E-state index >= 15 is 0 Å². The third kappa shape index (κ3) is 4.16. The molecule has 1 saturated heterocycles. The molecular formula is C19H34N4. The highest BCUT2D eigenvalue weighted by molar-refractivity contribution is 5.09. The van der Waals surface area contributed by atoms with Crippen LogP contribution in [-0.2, 0) is 0 Å². The van der Waals surface area contributed by atoms with Gasteiger partial charge in [-0.1, -0.05) is 20.8 Å². The van der Waals surface area contributed by atoms with Gasteiger partial charge in [-0.3, -0.25) is 4.68 Å². The zero-order valence-electron chi connectivity index (χ0n) is 15.2. The van der Waals surface area contributed by atoms with Gasteiger partial charge in [0.2, 0.25) is 0 Å². The van der Waals surface area contributed by atoms with Crippen LogP contribution < -0.4 is 5.32 Å². The minimum atomic E-state index is 0.579. The summed E-state index contributed by atoms with van der Waals surface area (Å²) in [7, 11) is 0. The van der Waals surface area contributed by atoms with Crippen LogP contribution in [0.1, 0.15) is 76.8 Å². The van der Waals surface area contributed by atoms with E-state index in [1.807, 2.05) is 0 Å². The first kappa shape index (κ1) is 17.0. The van der Waals surface area contributed by atoms with Gasteiger partial charge in [-0.15, -0.1) is 0 Å². The van der Waals surface area contributed by atoms with Crippen molar-refractivity contribution in [2.75, 3.05) is 19.6 Å². The van der Waals surface area contributed by atoms with Gasteiger partial charge in [0, 0.05) is 31.4 Å². The highest BCUT2D eigenvalue weighted by Crippen LogP contribution is 2.29. The van der Waals surface area contributed by atoms with E-state index in [2.05, 4.69) is 53.2 Å². The van der Waals surface area contributed by atoms with E-state index in [-0.39, 0.29) is 0 Å². The molecular weight excluding hydrogens is 284 g/mol. The number of aromatic nitrogens is 2. The molecule has 1 N–H and O–H groups in total. The van der Waals surface area contributed by atoms with E-state index in [0.29, 0.717) is 12.0 Å². The molecule has 130 valence electrons. The Morgan fingerprint density at radius 1 is 1.09 bits per heavy atom. The second-order valence-corrected chi connectivity index (χ2v) is 7.74. The Morgan fingerprint density at radius 3 is 2.35 bits per heavy atom. The molecule has 1 aliphatic carbocycles. The number of nitrogens with one attached hydrogen (secondary N) is 1. The maximum absolute atomic E-state index is 4.62. The number of hydrogen-bond acceptors (Lipinski definition) is 3. The summed E-state index contributed by atoms with van der Waals surface area (Å²) in [6, 6.07) is 2.21.